The SMILES string of the molecule is Cc1ccc(Sc2ccccc2N)nn1. The Morgan fingerprint density at radius 3 is 2.53 bits per heavy atom. The summed E-state index contributed by atoms with van der Waals surface area (Å²) in [5.74, 6) is 0. The van der Waals surface area contributed by atoms with E-state index in [0.717, 1.165) is 21.3 Å². The van der Waals surface area contributed by atoms with Crippen molar-refractivity contribution in [1.29, 1.82) is 0 Å². The number of nitrogens with two attached hydrogens (primary N) is 1. The highest BCUT2D eigenvalue weighted by Gasteiger charge is 2.01. The van der Waals surface area contributed by atoms with E-state index in [-0.39, 0.29) is 0 Å². The number of aromatic nitrogens is 2. The van der Waals surface area contributed by atoms with Crippen LogP contribution in [0.2, 0.25) is 0 Å². The molecule has 15 heavy (non-hydrogen) atoms. The third-order valence-electron chi connectivity index (χ3n) is 1.91. The first-order valence-corrected chi connectivity index (χ1v) is 5.40. The van der Waals surface area contributed by atoms with Crippen LogP contribution in [0.5, 0.6) is 0 Å². The van der Waals surface area contributed by atoms with Crippen molar-refractivity contribution < 1.29 is 0 Å². The van der Waals surface area contributed by atoms with Crippen molar-refractivity contribution >= 4 is 17.4 Å². The normalized spacial score (nSPS) is 10.2. The lowest BCUT2D eigenvalue weighted by Gasteiger charge is -2.03. The molecular formula is C11H11N3S. The third kappa shape index (κ3) is 2.47. The molecule has 76 valence electrons. The van der Waals surface area contributed by atoms with Crippen LogP contribution in [0.4, 0.5) is 5.69 Å². The highest BCUT2D eigenvalue weighted by Crippen LogP contribution is 2.29. The van der Waals surface area contributed by atoms with E-state index in [1.54, 1.807) is 0 Å². The molecule has 2 aromatic rings. The first-order chi connectivity index (χ1) is 7.25. The zero-order valence-corrected chi connectivity index (χ0v) is 9.16. The molecule has 0 radical (unpaired) electrons. The van der Waals surface area contributed by atoms with Crippen LogP contribution >= 0.6 is 11.8 Å². The van der Waals surface area contributed by atoms with E-state index in [0.29, 0.717) is 0 Å². The Bertz CT molecular complexity index is 454. The van der Waals surface area contributed by atoms with E-state index in [9.17, 15) is 0 Å². The number of nitrogens with zero attached hydrogens (tertiary/aromatic N) is 2. The molecule has 1 aromatic carbocycles. The van der Waals surface area contributed by atoms with Gasteiger partial charge in [-0.1, -0.05) is 23.9 Å². The molecule has 1 aromatic heterocycles. The lowest BCUT2D eigenvalue weighted by atomic mass is 10.3. The van der Waals surface area contributed by atoms with Gasteiger partial charge in [-0.05, 0) is 31.2 Å². The van der Waals surface area contributed by atoms with E-state index >= 15 is 0 Å². The molecule has 0 aliphatic heterocycles. The molecule has 0 saturated heterocycles. The van der Waals surface area contributed by atoms with E-state index in [4.69, 9.17) is 5.73 Å². The molecule has 0 unspecified atom stereocenters. The van der Waals surface area contributed by atoms with Gasteiger partial charge in [0.1, 0.15) is 5.03 Å². The van der Waals surface area contributed by atoms with Gasteiger partial charge >= 0.3 is 0 Å². The Kier molecular flexibility index (Phi) is 2.87. The quantitative estimate of drug-likeness (QED) is 0.785. The number of hydrogen-bond donors (Lipinski definition) is 1. The van der Waals surface area contributed by atoms with Crippen molar-refractivity contribution in [3.05, 3.63) is 42.1 Å². The lowest BCUT2D eigenvalue weighted by Crippen LogP contribution is -1.90. The van der Waals surface area contributed by atoms with Gasteiger partial charge in [-0.25, -0.2) is 0 Å². The molecule has 0 amide bonds. The van der Waals surface area contributed by atoms with Crippen LogP contribution in [0.25, 0.3) is 0 Å². The smallest absolute Gasteiger partial charge is 0.124 e. The van der Waals surface area contributed by atoms with Gasteiger partial charge in [-0.2, -0.15) is 5.10 Å². The average molecular weight is 217 g/mol. The van der Waals surface area contributed by atoms with Gasteiger partial charge in [0.2, 0.25) is 0 Å². The van der Waals surface area contributed by atoms with Gasteiger partial charge < -0.3 is 5.73 Å². The van der Waals surface area contributed by atoms with Crippen LogP contribution in [0.15, 0.2) is 46.3 Å². The first-order valence-electron chi connectivity index (χ1n) is 4.58. The van der Waals surface area contributed by atoms with E-state index in [1.165, 1.54) is 11.8 Å². The van der Waals surface area contributed by atoms with Crippen molar-refractivity contribution in [3.8, 4) is 0 Å². The first kappa shape index (κ1) is 9.98. The second kappa shape index (κ2) is 4.31. The number of benzene rings is 1. The van der Waals surface area contributed by atoms with Crippen molar-refractivity contribution in [2.45, 2.75) is 16.8 Å². The summed E-state index contributed by atoms with van der Waals surface area (Å²) in [5, 5.41) is 8.93. The summed E-state index contributed by atoms with van der Waals surface area (Å²) in [6.45, 7) is 1.92. The van der Waals surface area contributed by atoms with Gasteiger partial charge in [-0.3, -0.25) is 0 Å². The molecule has 2 rings (SSSR count). The fraction of sp³-hybridized carbons (Fsp3) is 0.0909. The van der Waals surface area contributed by atoms with Crippen molar-refractivity contribution in [2.24, 2.45) is 0 Å². The summed E-state index contributed by atoms with van der Waals surface area (Å²) in [6, 6.07) is 11.6. The molecule has 0 aliphatic carbocycles. The van der Waals surface area contributed by atoms with Crippen molar-refractivity contribution in [3.63, 3.8) is 0 Å². The van der Waals surface area contributed by atoms with E-state index in [2.05, 4.69) is 10.2 Å². The molecule has 2 N–H and O–H groups in total. The molecule has 3 nitrogen and oxygen atoms in total. The lowest BCUT2D eigenvalue weighted by molar-refractivity contribution is 0.896. The molecule has 0 aliphatic rings. The molecular weight excluding hydrogens is 206 g/mol. The van der Waals surface area contributed by atoms with Gasteiger partial charge in [0, 0.05) is 10.6 Å². The zero-order valence-electron chi connectivity index (χ0n) is 8.34. The topological polar surface area (TPSA) is 51.8 Å². The maximum Gasteiger partial charge on any atom is 0.124 e. The Balaban J connectivity index is 2.22. The van der Waals surface area contributed by atoms with Crippen LogP contribution < -0.4 is 5.73 Å². The monoisotopic (exact) mass is 217 g/mol. The Labute approximate surface area is 92.7 Å². The van der Waals surface area contributed by atoms with Gasteiger partial charge in [0.05, 0.1) is 5.69 Å². The van der Waals surface area contributed by atoms with Crippen molar-refractivity contribution in [1.82, 2.24) is 10.2 Å². The molecule has 0 saturated carbocycles. The minimum atomic E-state index is 0.768. The summed E-state index contributed by atoms with van der Waals surface area (Å²) < 4.78 is 0. The standard InChI is InChI=1S/C11H11N3S/c1-8-6-7-11(14-13-8)15-10-5-3-2-4-9(10)12/h2-7H,12H2,1H3. The van der Waals surface area contributed by atoms with Crippen LogP contribution in [-0.4, -0.2) is 10.2 Å². The van der Waals surface area contributed by atoms with Crippen LogP contribution in [0.3, 0.4) is 0 Å². The van der Waals surface area contributed by atoms with Gasteiger partial charge in [0.15, 0.2) is 0 Å². The number of para-hydroxylation sites is 1. The van der Waals surface area contributed by atoms with E-state index in [1.807, 2.05) is 43.3 Å². The third-order valence-corrected chi connectivity index (χ3v) is 2.93. The molecule has 0 fully saturated rings. The minimum absolute atomic E-state index is 0.768. The van der Waals surface area contributed by atoms with Crippen molar-refractivity contribution in [2.75, 3.05) is 5.73 Å². The predicted octanol–water partition coefficient (Wildman–Crippen LogP) is 2.52. The second-order valence-electron chi connectivity index (χ2n) is 3.15. The fourth-order valence-electron chi connectivity index (χ4n) is 1.13. The van der Waals surface area contributed by atoms with Crippen LogP contribution in [-0.2, 0) is 0 Å². The summed E-state index contributed by atoms with van der Waals surface area (Å²) >= 11 is 1.52. The highest BCUT2D eigenvalue weighted by atomic mass is 32.2. The van der Waals surface area contributed by atoms with Crippen LogP contribution in [0, 0.1) is 6.92 Å². The number of anilines is 1. The number of aryl methyl sites for hydroxylation is 1. The molecule has 0 atom stereocenters. The molecule has 1 heterocycles. The minimum Gasteiger partial charge on any atom is -0.398 e. The van der Waals surface area contributed by atoms with Gasteiger partial charge in [-0.15, -0.1) is 5.10 Å². The second-order valence-corrected chi connectivity index (χ2v) is 4.22. The van der Waals surface area contributed by atoms with E-state index < -0.39 is 0 Å². The number of nitrogen functional groups attached to an aromatic ring is 1. The summed E-state index contributed by atoms with van der Waals surface area (Å²) in [4.78, 5) is 1.01. The van der Waals surface area contributed by atoms with Gasteiger partial charge in [0.25, 0.3) is 0 Å². The summed E-state index contributed by atoms with van der Waals surface area (Å²) in [5.41, 5.74) is 7.51. The maximum atomic E-state index is 5.83. The summed E-state index contributed by atoms with van der Waals surface area (Å²) in [6.07, 6.45) is 0. The summed E-state index contributed by atoms with van der Waals surface area (Å²) in [7, 11) is 0. The maximum absolute atomic E-state index is 5.83. The Morgan fingerprint density at radius 1 is 1.07 bits per heavy atom. The largest absolute Gasteiger partial charge is 0.398 e. The highest BCUT2D eigenvalue weighted by molar-refractivity contribution is 7.99. The predicted molar refractivity (Wildman–Crippen MR) is 61.7 cm³/mol. The number of hydrogen-bond acceptors (Lipinski definition) is 4. The average Bonchev–Trinajstić information content (AvgIpc) is 2.25. The Hall–Kier alpha value is -1.55. The fourth-order valence-corrected chi connectivity index (χ4v) is 1.90. The Morgan fingerprint density at radius 2 is 1.87 bits per heavy atom. The molecule has 0 bridgehead atoms. The number of rotatable bonds is 2. The van der Waals surface area contributed by atoms with Crippen LogP contribution in [0.1, 0.15) is 5.69 Å². The zero-order chi connectivity index (χ0) is 10.7. The molecule has 0 spiro atoms. The molecule has 4 heteroatoms.